The number of hydrogen-bond donors (Lipinski definition) is 0. The molecule has 4 heteroatoms. The lowest BCUT2D eigenvalue weighted by atomic mass is 10.2. The van der Waals surface area contributed by atoms with Gasteiger partial charge in [-0.15, -0.1) is 0 Å². The quantitative estimate of drug-likeness (QED) is 0.694. The van der Waals surface area contributed by atoms with Crippen molar-refractivity contribution in [1.82, 2.24) is 9.80 Å². The first-order chi connectivity index (χ1) is 9.64. The molecule has 0 aliphatic heterocycles. The van der Waals surface area contributed by atoms with Gasteiger partial charge >= 0.3 is 0 Å². The van der Waals surface area contributed by atoms with Gasteiger partial charge in [-0.05, 0) is 37.8 Å². The summed E-state index contributed by atoms with van der Waals surface area (Å²) in [5.74, 6) is 1.57. The minimum absolute atomic E-state index is 0.780. The van der Waals surface area contributed by atoms with Crippen LogP contribution in [0, 0.1) is 0 Å². The zero-order valence-electron chi connectivity index (χ0n) is 13.5. The topological polar surface area (TPSA) is 24.9 Å². The lowest BCUT2D eigenvalue weighted by Gasteiger charge is -2.23. The molecule has 0 bridgehead atoms. The first-order valence-electron chi connectivity index (χ1n) is 7.26. The summed E-state index contributed by atoms with van der Waals surface area (Å²) < 4.78 is 10.6. The molecule has 0 saturated heterocycles. The van der Waals surface area contributed by atoms with Gasteiger partial charge < -0.3 is 19.3 Å². The number of likely N-dealkylation sites (N-methyl/N-ethyl adjacent to an activating group) is 2. The van der Waals surface area contributed by atoms with Crippen molar-refractivity contribution < 1.29 is 9.47 Å². The highest BCUT2D eigenvalue weighted by atomic mass is 16.5. The Labute approximate surface area is 123 Å². The normalized spacial score (nSPS) is 11.2. The van der Waals surface area contributed by atoms with Crippen molar-refractivity contribution in [3.8, 4) is 11.5 Å². The van der Waals surface area contributed by atoms with Crippen LogP contribution >= 0.6 is 0 Å². The van der Waals surface area contributed by atoms with Gasteiger partial charge in [-0.25, -0.2) is 0 Å². The Morgan fingerprint density at radius 2 is 1.60 bits per heavy atom. The Kier molecular flexibility index (Phi) is 7.41. The minimum Gasteiger partial charge on any atom is -0.493 e. The smallest absolute Gasteiger partial charge is 0.161 e. The molecule has 114 valence electrons. The summed E-state index contributed by atoms with van der Waals surface area (Å²) in [5.41, 5.74) is 1.24. The van der Waals surface area contributed by atoms with Gasteiger partial charge in [-0.3, -0.25) is 0 Å². The van der Waals surface area contributed by atoms with Crippen LogP contribution in [0.15, 0.2) is 18.2 Å². The maximum Gasteiger partial charge on any atom is 0.161 e. The second-order valence-corrected chi connectivity index (χ2v) is 4.95. The molecule has 1 rings (SSSR count). The molecule has 0 unspecified atom stereocenters. The number of methoxy groups -OCH3 is 2. The van der Waals surface area contributed by atoms with Crippen LogP contribution in [0.4, 0.5) is 0 Å². The van der Waals surface area contributed by atoms with E-state index in [1.807, 2.05) is 12.1 Å². The summed E-state index contributed by atoms with van der Waals surface area (Å²) in [5, 5.41) is 0. The van der Waals surface area contributed by atoms with E-state index in [1.165, 1.54) is 5.56 Å². The van der Waals surface area contributed by atoms with Gasteiger partial charge in [0.1, 0.15) is 0 Å². The third-order valence-corrected chi connectivity index (χ3v) is 3.59. The summed E-state index contributed by atoms with van der Waals surface area (Å²) in [4.78, 5) is 4.77. The minimum atomic E-state index is 0.780. The maximum atomic E-state index is 5.34. The summed E-state index contributed by atoms with van der Waals surface area (Å²) in [6, 6.07) is 6.11. The fraction of sp³-hybridized carbons (Fsp3) is 0.625. The number of nitrogens with zero attached hydrogens (tertiary/aromatic N) is 2. The number of hydrogen-bond acceptors (Lipinski definition) is 4. The summed E-state index contributed by atoms with van der Waals surface area (Å²) in [6.07, 6.45) is 0. The second kappa shape index (κ2) is 8.82. The van der Waals surface area contributed by atoms with Gasteiger partial charge in [0.25, 0.3) is 0 Å². The van der Waals surface area contributed by atoms with Crippen molar-refractivity contribution in [2.24, 2.45) is 0 Å². The molecule has 0 aromatic heterocycles. The van der Waals surface area contributed by atoms with Crippen molar-refractivity contribution >= 4 is 0 Å². The van der Waals surface area contributed by atoms with Crippen LogP contribution in [-0.2, 0) is 6.54 Å². The maximum absolute atomic E-state index is 5.34. The third-order valence-electron chi connectivity index (χ3n) is 3.59. The van der Waals surface area contributed by atoms with E-state index in [-0.39, 0.29) is 0 Å². The summed E-state index contributed by atoms with van der Waals surface area (Å²) in [7, 11) is 5.49. The lowest BCUT2D eigenvalue weighted by Crippen LogP contribution is -2.32. The monoisotopic (exact) mass is 280 g/mol. The third kappa shape index (κ3) is 5.02. The van der Waals surface area contributed by atoms with Crippen molar-refractivity contribution in [2.45, 2.75) is 20.4 Å². The molecule has 0 radical (unpaired) electrons. The molecule has 0 atom stereocenters. The number of ether oxygens (including phenoxy) is 2. The molecular weight excluding hydrogens is 252 g/mol. The van der Waals surface area contributed by atoms with E-state index in [4.69, 9.17) is 9.47 Å². The van der Waals surface area contributed by atoms with E-state index in [0.29, 0.717) is 0 Å². The van der Waals surface area contributed by atoms with Crippen molar-refractivity contribution in [1.29, 1.82) is 0 Å². The van der Waals surface area contributed by atoms with Gasteiger partial charge in [0.15, 0.2) is 11.5 Å². The van der Waals surface area contributed by atoms with Crippen LogP contribution in [0.1, 0.15) is 19.4 Å². The van der Waals surface area contributed by atoms with Gasteiger partial charge in [-0.2, -0.15) is 0 Å². The van der Waals surface area contributed by atoms with Crippen LogP contribution in [0.3, 0.4) is 0 Å². The highest BCUT2D eigenvalue weighted by Gasteiger charge is 2.07. The predicted octanol–water partition coefficient (Wildman–Crippen LogP) is 2.48. The molecule has 0 heterocycles. The Morgan fingerprint density at radius 3 is 2.15 bits per heavy atom. The van der Waals surface area contributed by atoms with E-state index in [0.717, 1.165) is 44.2 Å². The largest absolute Gasteiger partial charge is 0.493 e. The first-order valence-corrected chi connectivity index (χ1v) is 7.26. The zero-order valence-corrected chi connectivity index (χ0v) is 13.5. The molecule has 1 aromatic rings. The highest BCUT2D eigenvalue weighted by Crippen LogP contribution is 2.27. The zero-order chi connectivity index (χ0) is 15.0. The molecule has 0 amide bonds. The van der Waals surface area contributed by atoms with Crippen LogP contribution in [0.2, 0.25) is 0 Å². The average Bonchev–Trinajstić information content (AvgIpc) is 2.48. The van der Waals surface area contributed by atoms with E-state index in [2.05, 4.69) is 36.8 Å². The van der Waals surface area contributed by atoms with Crippen LogP contribution in [-0.4, -0.2) is 57.2 Å². The van der Waals surface area contributed by atoms with Crippen molar-refractivity contribution in [2.75, 3.05) is 47.4 Å². The Hall–Kier alpha value is -1.26. The Bertz CT molecular complexity index is 392. The second-order valence-electron chi connectivity index (χ2n) is 4.95. The molecule has 4 nitrogen and oxygen atoms in total. The van der Waals surface area contributed by atoms with Gasteiger partial charge in [0.2, 0.25) is 0 Å². The van der Waals surface area contributed by atoms with Crippen molar-refractivity contribution in [3.05, 3.63) is 23.8 Å². The van der Waals surface area contributed by atoms with E-state index in [9.17, 15) is 0 Å². The van der Waals surface area contributed by atoms with Crippen LogP contribution in [0.5, 0.6) is 11.5 Å². The van der Waals surface area contributed by atoms with Gasteiger partial charge in [0, 0.05) is 19.6 Å². The lowest BCUT2D eigenvalue weighted by molar-refractivity contribution is 0.236. The summed E-state index contributed by atoms with van der Waals surface area (Å²) in [6.45, 7) is 9.73. The highest BCUT2D eigenvalue weighted by molar-refractivity contribution is 5.42. The number of rotatable bonds is 9. The van der Waals surface area contributed by atoms with E-state index < -0.39 is 0 Å². The SMILES string of the molecule is CCN(CC)CCN(C)Cc1ccc(OC)c(OC)c1. The molecule has 0 aliphatic carbocycles. The Morgan fingerprint density at radius 1 is 0.950 bits per heavy atom. The molecule has 20 heavy (non-hydrogen) atoms. The fourth-order valence-electron chi connectivity index (χ4n) is 2.22. The molecule has 0 spiro atoms. The molecule has 0 fully saturated rings. The molecular formula is C16H28N2O2. The molecule has 0 saturated carbocycles. The van der Waals surface area contributed by atoms with Gasteiger partial charge in [0.05, 0.1) is 14.2 Å². The first kappa shape index (κ1) is 16.8. The standard InChI is InChI=1S/C16H28N2O2/c1-6-18(7-2)11-10-17(3)13-14-8-9-15(19-4)16(12-14)20-5/h8-9,12H,6-7,10-11,13H2,1-5H3. The molecule has 1 aromatic carbocycles. The number of benzene rings is 1. The summed E-state index contributed by atoms with van der Waals surface area (Å²) >= 11 is 0. The molecule has 0 N–H and O–H groups in total. The van der Waals surface area contributed by atoms with Gasteiger partial charge in [-0.1, -0.05) is 19.9 Å². The van der Waals surface area contributed by atoms with E-state index in [1.54, 1.807) is 14.2 Å². The predicted molar refractivity (Wildman–Crippen MR) is 83.7 cm³/mol. The molecule has 0 aliphatic rings. The average molecular weight is 280 g/mol. The van der Waals surface area contributed by atoms with Crippen molar-refractivity contribution in [3.63, 3.8) is 0 Å². The fourth-order valence-corrected chi connectivity index (χ4v) is 2.22. The van der Waals surface area contributed by atoms with Crippen LogP contribution < -0.4 is 9.47 Å². The van der Waals surface area contributed by atoms with E-state index >= 15 is 0 Å². The Balaban J connectivity index is 2.55. The van der Waals surface area contributed by atoms with Crippen LogP contribution in [0.25, 0.3) is 0 Å².